The molecule has 1 aromatic heterocycles. The monoisotopic (exact) mass is 322 g/mol. The molecule has 1 heterocycles. The van der Waals surface area contributed by atoms with Crippen molar-refractivity contribution in [3.63, 3.8) is 0 Å². The van der Waals surface area contributed by atoms with Gasteiger partial charge in [0.25, 0.3) is 0 Å². The Bertz CT molecular complexity index is 929. The third kappa shape index (κ3) is 2.21. The van der Waals surface area contributed by atoms with E-state index in [9.17, 15) is 9.18 Å². The first-order chi connectivity index (χ1) is 11.7. The molecule has 0 unspecified atom stereocenters. The predicted octanol–water partition coefficient (Wildman–Crippen LogP) is 4.07. The van der Waals surface area contributed by atoms with Crippen LogP contribution in [0.3, 0.4) is 0 Å². The number of aromatic nitrogens is 2. The Labute approximate surface area is 138 Å². The number of ether oxygens (including phenoxy) is 1. The summed E-state index contributed by atoms with van der Waals surface area (Å²) in [6, 6.07) is 14.1. The van der Waals surface area contributed by atoms with Crippen molar-refractivity contribution >= 4 is 6.09 Å². The number of halogens is 1. The van der Waals surface area contributed by atoms with E-state index < -0.39 is 6.09 Å². The minimum absolute atomic E-state index is 0.318. The molecule has 1 aliphatic rings. The summed E-state index contributed by atoms with van der Waals surface area (Å²) in [5, 5.41) is 4.51. The molecule has 0 N–H and O–H groups in total. The van der Waals surface area contributed by atoms with E-state index in [0.717, 1.165) is 35.2 Å². The van der Waals surface area contributed by atoms with Crippen LogP contribution >= 0.6 is 0 Å². The van der Waals surface area contributed by atoms with Crippen LogP contribution < -0.4 is 0 Å². The quantitative estimate of drug-likeness (QED) is 0.678. The van der Waals surface area contributed by atoms with E-state index in [0.29, 0.717) is 5.69 Å². The number of carbonyl (C=O) groups excluding carboxylic acids is 1. The van der Waals surface area contributed by atoms with Crippen LogP contribution in [-0.4, -0.2) is 23.0 Å². The number of hydrogen-bond donors (Lipinski definition) is 0. The number of benzene rings is 2. The van der Waals surface area contributed by atoms with Crippen LogP contribution in [0.1, 0.15) is 11.1 Å². The third-order valence-electron chi connectivity index (χ3n) is 4.37. The molecule has 2 aromatic carbocycles. The van der Waals surface area contributed by atoms with Crippen LogP contribution in [-0.2, 0) is 17.6 Å². The van der Waals surface area contributed by atoms with Gasteiger partial charge in [-0.05, 0) is 42.7 Å². The van der Waals surface area contributed by atoms with Crippen molar-refractivity contribution in [3.8, 4) is 22.5 Å². The van der Waals surface area contributed by atoms with Gasteiger partial charge in [-0.1, -0.05) is 24.3 Å². The van der Waals surface area contributed by atoms with Crippen LogP contribution in [0.4, 0.5) is 9.18 Å². The van der Waals surface area contributed by atoms with Gasteiger partial charge in [0.05, 0.1) is 18.5 Å². The fraction of sp³-hybridized carbons (Fsp3) is 0.158. The largest absolute Gasteiger partial charge is 0.451 e. The van der Waals surface area contributed by atoms with E-state index in [1.54, 1.807) is 12.1 Å². The molecule has 0 spiro atoms. The van der Waals surface area contributed by atoms with E-state index in [1.165, 1.54) is 29.5 Å². The Kier molecular flexibility index (Phi) is 3.41. The second-order valence-electron chi connectivity index (χ2n) is 5.72. The molecule has 0 saturated heterocycles. The topological polar surface area (TPSA) is 44.1 Å². The average Bonchev–Trinajstić information content (AvgIpc) is 3.01. The summed E-state index contributed by atoms with van der Waals surface area (Å²) in [5.41, 5.74) is 5.45. The number of fused-ring (bicyclic) bond motifs is 3. The number of carbonyl (C=O) groups is 1. The predicted molar refractivity (Wildman–Crippen MR) is 88.3 cm³/mol. The van der Waals surface area contributed by atoms with Crippen LogP contribution in [0.25, 0.3) is 22.5 Å². The van der Waals surface area contributed by atoms with Crippen LogP contribution in [0.15, 0.2) is 48.5 Å². The van der Waals surface area contributed by atoms with Gasteiger partial charge in [-0.15, -0.1) is 0 Å². The number of methoxy groups -OCH3 is 1. The molecule has 4 nitrogen and oxygen atoms in total. The second-order valence-corrected chi connectivity index (χ2v) is 5.72. The highest BCUT2D eigenvalue weighted by Gasteiger charge is 2.27. The number of aryl methyl sites for hydroxylation is 1. The Hall–Kier alpha value is -2.95. The molecule has 1 aliphatic carbocycles. The van der Waals surface area contributed by atoms with Crippen molar-refractivity contribution < 1.29 is 13.9 Å². The molecule has 120 valence electrons. The standard InChI is InChI=1S/C19H15FN2O2/c1-24-19(23)22-18(13-6-9-14(20)10-7-13)16-11-8-12-4-2-3-5-15(12)17(16)21-22/h2-7,9-10H,8,11H2,1H3. The maximum absolute atomic E-state index is 13.3. The van der Waals surface area contributed by atoms with E-state index in [1.807, 2.05) is 18.2 Å². The van der Waals surface area contributed by atoms with Crippen molar-refractivity contribution in [1.29, 1.82) is 0 Å². The van der Waals surface area contributed by atoms with Crippen LogP contribution in [0.5, 0.6) is 0 Å². The van der Waals surface area contributed by atoms with E-state index in [4.69, 9.17) is 4.74 Å². The van der Waals surface area contributed by atoms with Crippen LogP contribution in [0, 0.1) is 5.82 Å². The summed E-state index contributed by atoms with van der Waals surface area (Å²) in [5.74, 6) is -0.318. The van der Waals surface area contributed by atoms with Gasteiger partial charge in [0.2, 0.25) is 0 Å². The molecule has 24 heavy (non-hydrogen) atoms. The summed E-state index contributed by atoms with van der Waals surface area (Å²) >= 11 is 0. The molecule has 4 rings (SSSR count). The van der Waals surface area contributed by atoms with Crippen molar-refractivity contribution in [2.45, 2.75) is 12.8 Å². The highest BCUT2D eigenvalue weighted by Crippen LogP contribution is 2.38. The lowest BCUT2D eigenvalue weighted by Gasteiger charge is -2.15. The minimum atomic E-state index is -0.554. The number of hydrogen-bond acceptors (Lipinski definition) is 3. The van der Waals surface area contributed by atoms with E-state index in [2.05, 4.69) is 11.2 Å². The molecular weight excluding hydrogens is 307 g/mol. The van der Waals surface area contributed by atoms with Crippen molar-refractivity contribution in [1.82, 2.24) is 9.78 Å². The summed E-state index contributed by atoms with van der Waals surface area (Å²) in [6.07, 6.45) is 1.10. The molecular formula is C19H15FN2O2. The minimum Gasteiger partial charge on any atom is -0.451 e. The van der Waals surface area contributed by atoms with Crippen molar-refractivity contribution in [2.75, 3.05) is 7.11 Å². The fourth-order valence-electron chi connectivity index (χ4n) is 3.26. The fourth-order valence-corrected chi connectivity index (χ4v) is 3.26. The first kappa shape index (κ1) is 14.6. The van der Waals surface area contributed by atoms with Gasteiger partial charge in [-0.2, -0.15) is 9.78 Å². The second kappa shape index (κ2) is 5.60. The molecule has 0 amide bonds. The van der Waals surface area contributed by atoms with Gasteiger partial charge < -0.3 is 4.74 Å². The highest BCUT2D eigenvalue weighted by molar-refractivity contribution is 5.85. The molecule has 0 saturated carbocycles. The molecule has 3 aromatic rings. The smallest absolute Gasteiger partial charge is 0.435 e. The normalized spacial score (nSPS) is 12.4. The van der Waals surface area contributed by atoms with E-state index >= 15 is 0 Å². The van der Waals surface area contributed by atoms with Gasteiger partial charge in [0.1, 0.15) is 5.82 Å². The summed E-state index contributed by atoms with van der Waals surface area (Å²) in [4.78, 5) is 12.2. The van der Waals surface area contributed by atoms with Gasteiger partial charge in [0, 0.05) is 16.7 Å². The Balaban J connectivity index is 1.98. The maximum atomic E-state index is 13.3. The van der Waals surface area contributed by atoms with Gasteiger partial charge >= 0.3 is 6.09 Å². The van der Waals surface area contributed by atoms with Crippen LogP contribution in [0.2, 0.25) is 0 Å². The third-order valence-corrected chi connectivity index (χ3v) is 4.37. The van der Waals surface area contributed by atoms with Crippen molar-refractivity contribution in [2.24, 2.45) is 0 Å². The van der Waals surface area contributed by atoms with Gasteiger partial charge in [0.15, 0.2) is 0 Å². The van der Waals surface area contributed by atoms with Crippen molar-refractivity contribution in [3.05, 3.63) is 65.5 Å². The van der Waals surface area contributed by atoms with E-state index in [-0.39, 0.29) is 5.82 Å². The first-order valence-electron chi connectivity index (χ1n) is 7.73. The zero-order valence-corrected chi connectivity index (χ0v) is 13.1. The van der Waals surface area contributed by atoms with Gasteiger partial charge in [-0.25, -0.2) is 9.18 Å². The molecule has 0 radical (unpaired) electrons. The zero-order valence-electron chi connectivity index (χ0n) is 13.1. The molecule has 0 aliphatic heterocycles. The first-order valence-corrected chi connectivity index (χ1v) is 7.73. The maximum Gasteiger partial charge on any atom is 0.435 e. The summed E-state index contributed by atoms with van der Waals surface area (Å²) < 4.78 is 19.4. The average molecular weight is 322 g/mol. The Morgan fingerprint density at radius 1 is 1.12 bits per heavy atom. The number of rotatable bonds is 1. The zero-order chi connectivity index (χ0) is 16.7. The molecule has 0 bridgehead atoms. The summed E-state index contributed by atoms with van der Waals surface area (Å²) in [6.45, 7) is 0. The SMILES string of the molecule is COC(=O)n1nc2c(c1-c1ccc(F)cc1)CCc1ccccc1-2. The number of nitrogens with zero attached hydrogens (tertiary/aromatic N) is 2. The lowest BCUT2D eigenvalue weighted by Crippen LogP contribution is -2.14. The highest BCUT2D eigenvalue weighted by atomic mass is 19.1. The molecule has 0 fully saturated rings. The Morgan fingerprint density at radius 3 is 2.62 bits per heavy atom. The summed E-state index contributed by atoms with van der Waals surface area (Å²) in [7, 11) is 1.32. The van der Waals surface area contributed by atoms with Gasteiger partial charge in [-0.3, -0.25) is 0 Å². The molecule has 0 atom stereocenters. The lowest BCUT2D eigenvalue weighted by atomic mass is 9.88. The lowest BCUT2D eigenvalue weighted by molar-refractivity contribution is 0.169. The Morgan fingerprint density at radius 2 is 1.88 bits per heavy atom. The molecule has 5 heteroatoms.